The molecule has 0 saturated carbocycles. The molecule has 5 rings (SSSR count). The summed E-state index contributed by atoms with van der Waals surface area (Å²) in [5.74, 6) is 0.703. The molecule has 4 heterocycles. The summed E-state index contributed by atoms with van der Waals surface area (Å²) in [6.45, 7) is 9.03. The van der Waals surface area contributed by atoms with Crippen LogP contribution in [0, 0.1) is 0 Å². The summed E-state index contributed by atoms with van der Waals surface area (Å²) in [5.41, 5.74) is 6.10. The molecule has 0 bridgehead atoms. The molecule has 1 aromatic carbocycles. The van der Waals surface area contributed by atoms with Gasteiger partial charge in [0.15, 0.2) is 0 Å². The van der Waals surface area contributed by atoms with E-state index >= 15 is 0 Å². The zero-order valence-corrected chi connectivity index (χ0v) is 16.9. The average molecular weight is 400 g/mol. The van der Waals surface area contributed by atoms with Crippen LogP contribution in [0.2, 0.25) is 0 Å². The molecule has 0 atom stereocenters. The van der Waals surface area contributed by atoms with Gasteiger partial charge in [0.2, 0.25) is 5.95 Å². The predicted molar refractivity (Wildman–Crippen MR) is 121 cm³/mol. The Hall–Kier alpha value is -3.45. The van der Waals surface area contributed by atoms with E-state index in [1.807, 2.05) is 24.5 Å². The third kappa shape index (κ3) is 3.59. The molecule has 1 fully saturated rings. The summed E-state index contributed by atoms with van der Waals surface area (Å²) in [7, 11) is 0. The molecule has 152 valence electrons. The SMILES string of the molecule is C=C(Nc1cnccc1N1CCNCC1)c1ccnc(N2CCc3ccccc32)n1. The highest BCUT2D eigenvalue weighted by Gasteiger charge is 2.22. The van der Waals surface area contributed by atoms with Crippen molar-refractivity contribution < 1.29 is 0 Å². The summed E-state index contributed by atoms with van der Waals surface area (Å²) in [5, 5.41) is 6.83. The first-order valence-electron chi connectivity index (χ1n) is 10.3. The number of nitrogens with one attached hydrogen (secondary N) is 2. The predicted octanol–water partition coefficient (Wildman–Crippen LogP) is 3.06. The van der Waals surface area contributed by atoms with Crippen molar-refractivity contribution >= 4 is 28.7 Å². The maximum Gasteiger partial charge on any atom is 0.230 e. The van der Waals surface area contributed by atoms with Gasteiger partial charge < -0.3 is 20.4 Å². The molecule has 0 spiro atoms. The van der Waals surface area contributed by atoms with Gasteiger partial charge in [-0.1, -0.05) is 24.8 Å². The second-order valence-corrected chi connectivity index (χ2v) is 7.51. The van der Waals surface area contributed by atoms with Gasteiger partial charge in [0.25, 0.3) is 0 Å². The fourth-order valence-corrected chi connectivity index (χ4v) is 4.08. The third-order valence-corrected chi connectivity index (χ3v) is 5.62. The van der Waals surface area contributed by atoms with Gasteiger partial charge in [-0.25, -0.2) is 9.97 Å². The number of piperazine rings is 1. The Kier molecular flexibility index (Phi) is 5.03. The number of hydrogen-bond acceptors (Lipinski definition) is 7. The summed E-state index contributed by atoms with van der Waals surface area (Å²) in [4.78, 5) is 18.2. The van der Waals surface area contributed by atoms with Crippen molar-refractivity contribution in [1.29, 1.82) is 0 Å². The van der Waals surface area contributed by atoms with Gasteiger partial charge in [0.1, 0.15) is 0 Å². The van der Waals surface area contributed by atoms with E-state index in [0.29, 0.717) is 5.95 Å². The van der Waals surface area contributed by atoms with Gasteiger partial charge in [0, 0.05) is 50.8 Å². The number of hydrogen-bond donors (Lipinski definition) is 2. The fourth-order valence-electron chi connectivity index (χ4n) is 4.08. The second-order valence-electron chi connectivity index (χ2n) is 7.51. The maximum atomic E-state index is 4.80. The number of nitrogens with zero attached hydrogens (tertiary/aromatic N) is 5. The van der Waals surface area contributed by atoms with Crippen LogP contribution in [0.25, 0.3) is 5.70 Å². The smallest absolute Gasteiger partial charge is 0.230 e. The Labute approximate surface area is 176 Å². The molecule has 7 heteroatoms. The molecule has 2 aromatic heterocycles. The highest BCUT2D eigenvalue weighted by Crippen LogP contribution is 2.33. The Morgan fingerprint density at radius 1 is 1.00 bits per heavy atom. The molecule has 2 N–H and O–H groups in total. The van der Waals surface area contributed by atoms with E-state index < -0.39 is 0 Å². The summed E-state index contributed by atoms with van der Waals surface area (Å²) in [6, 6.07) is 12.4. The largest absolute Gasteiger partial charge is 0.367 e. The van der Waals surface area contributed by atoms with Crippen molar-refractivity contribution in [2.24, 2.45) is 0 Å². The van der Waals surface area contributed by atoms with Gasteiger partial charge in [-0.15, -0.1) is 0 Å². The summed E-state index contributed by atoms with van der Waals surface area (Å²) >= 11 is 0. The molecule has 30 heavy (non-hydrogen) atoms. The Morgan fingerprint density at radius 2 is 1.87 bits per heavy atom. The standard InChI is InChI=1S/C23H25N7/c1-17(27-20-16-25-9-7-22(20)29-14-11-24-12-15-29)19-6-10-26-23(28-19)30-13-8-18-4-2-3-5-21(18)30/h2-7,9-10,16,24,27H,1,8,11-15H2. The lowest BCUT2D eigenvalue weighted by Crippen LogP contribution is -2.43. The topological polar surface area (TPSA) is 69.2 Å². The molecular weight excluding hydrogens is 374 g/mol. The molecular formula is C23H25N7. The quantitative estimate of drug-likeness (QED) is 0.683. The highest BCUT2D eigenvalue weighted by molar-refractivity contribution is 5.81. The lowest BCUT2D eigenvalue weighted by Gasteiger charge is -2.31. The van der Waals surface area contributed by atoms with Gasteiger partial charge in [-0.05, 0) is 30.2 Å². The van der Waals surface area contributed by atoms with Crippen LogP contribution in [-0.4, -0.2) is 47.7 Å². The van der Waals surface area contributed by atoms with Gasteiger partial charge in [-0.2, -0.15) is 0 Å². The molecule has 3 aromatic rings. The lowest BCUT2D eigenvalue weighted by atomic mass is 10.2. The van der Waals surface area contributed by atoms with Crippen LogP contribution in [0.5, 0.6) is 0 Å². The van der Waals surface area contributed by atoms with Crippen molar-refractivity contribution in [1.82, 2.24) is 20.3 Å². The highest BCUT2D eigenvalue weighted by atomic mass is 15.3. The zero-order chi connectivity index (χ0) is 20.3. The normalized spacial score (nSPS) is 15.7. The number of anilines is 4. The van der Waals surface area contributed by atoms with Crippen molar-refractivity contribution in [3.8, 4) is 0 Å². The first-order chi connectivity index (χ1) is 14.8. The van der Waals surface area contributed by atoms with Crippen LogP contribution in [0.3, 0.4) is 0 Å². The number of para-hydroxylation sites is 1. The monoisotopic (exact) mass is 399 g/mol. The minimum Gasteiger partial charge on any atom is -0.367 e. The molecule has 0 amide bonds. The minimum atomic E-state index is 0.703. The van der Waals surface area contributed by atoms with E-state index in [0.717, 1.165) is 61.9 Å². The van der Waals surface area contributed by atoms with Crippen LogP contribution in [0.4, 0.5) is 23.0 Å². The van der Waals surface area contributed by atoms with E-state index in [4.69, 9.17) is 4.98 Å². The maximum absolute atomic E-state index is 4.80. The van der Waals surface area contributed by atoms with E-state index in [1.165, 1.54) is 11.3 Å². The number of benzene rings is 1. The minimum absolute atomic E-state index is 0.703. The average Bonchev–Trinajstić information content (AvgIpc) is 3.24. The first-order valence-corrected chi connectivity index (χ1v) is 10.3. The van der Waals surface area contributed by atoms with Crippen molar-refractivity contribution in [3.63, 3.8) is 0 Å². The van der Waals surface area contributed by atoms with E-state index in [9.17, 15) is 0 Å². The molecule has 2 aliphatic heterocycles. The number of aromatic nitrogens is 3. The van der Waals surface area contributed by atoms with Crippen molar-refractivity contribution in [2.45, 2.75) is 6.42 Å². The Bertz CT molecular complexity index is 1060. The molecule has 7 nitrogen and oxygen atoms in total. The molecule has 1 saturated heterocycles. The van der Waals surface area contributed by atoms with Crippen LogP contribution < -0.4 is 20.4 Å². The number of fused-ring (bicyclic) bond motifs is 1. The van der Waals surface area contributed by atoms with Gasteiger partial charge >= 0.3 is 0 Å². The van der Waals surface area contributed by atoms with Crippen LogP contribution >= 0.6 is 0 Å². The van der Waals surface area contributed by atoms with Crippen LogP contribution in [-0.2, 0) is 6.42 Å². The number of pyridine rings is 1. The molecule has 2 aliphatic rings. The lowest BCUT2D eigenvalue weighted by molar-refractivity contribution is 0.589. The van der Waals surface area contributed by atoms with Gasteiger partial charge in [-0.3, -0.25) is 4.98 Å². The number of rotatable bonds is 5. The van der Waals surface area contributed by atoms with Crippen LogP contribution in [0.15, 0.2) is 61.6 Å². The first kappa shape index (κ1) is 18.6. The second kappa shape index (κ2) is 8.12. The Morgan fingerprint density at radius 3 is 2.77 bits per heavy atom. The van der Waals surface area contributed by atoms with Gasteiger partial charge in [0.05, 0.1) is 29.0 Å². The van der Waals surface area contributed by atoms with Crippen molar-refractivity contribution in [3.05, 3.63) is 72.8 Å². The van der Waals surface area contributed by atoms with E-state index in [1.54, 1.807) is 6.20 Å². The summed E-state index contributed by atoms with van der Waals surface area (Å²) < 4.78 is 0. The third-order valence-electron chi connectivity index (χ3n) is 5.62. The summed E-state index contributed by atoms with van der Waals surface area (Å²) in [6.07, 6.45) is 6.49. The Balaban J connectivity index is 1.38. The van der Waals surface area contributed by atoms with E-state index in [-0.39, 0.29) is 0 Å². The molecule has 0 unspecified atom stereocenters. The zero-order valence-electron chi connectivity index (χ0n) is 16.9. The van der Waals surface area contributed by atoms with E-state index in [2.05, 4.69) is 61.2 Å². The fraction of sp³-hybridized carbons (Fsp3) is 0.261. The van der Waals surface area contributed by atoms with Crippen molar-refractivity contribution in [2.75, 3.05) is 47.8 Å². The molecule has 0 radical (unpaired) electrons. The molecule has 0 aliphatic carbocycles. The van der Waals surface area contributed by atoms with Crippen LogP contribution in [0.1, 0.15) is 11.3 Å².